The zero-order chi connectivity index (χ0) is 15.1. The fourth-order valence-electron chi connectivity index (χ4n) is 1.88. The molecule has 0 atom stereocenters. The molecule has 21 heavy (non-hydrogen) atoms. The molecule has 0 aromatic heterocycles. The molecule has 0 fully saturated rings. The zero-order valence-electron chi connectivity index (χ0n) is 12.1. The molecule has 5 heteroatoms. The molecule has 110 valence electrons. The zero-order valence-corrected chi connectivity index (χ0v) is 12.9. The van der Waals surface area contributed by atoms with Gasteiger partial charge in [-0.2, -0.15) is 0 Å². The fourth-order valence-corrected chi connectivity index (χ4v) is 2.29. The van der Waals surface area contributed by atoms with E-state index in [4.69, 9.17) is 4.74 Å². The molecule has 0 saturated carbocycles. The number of thioether (sulfide) groups is 1. The Kier molecular flexibility index (Phi) is 5.66. The molecule has 0 unspecified atom stereocenters. The molecule has 2 aromatic rings. The maximum atomic E-state index is 12.0. The molecule has 0 heterocycles. The van der Waals surface area contributed by atoms with Gasteiger partial charge >= 0.3 is 6.03 Å². The number of benzene rings is 2. The molecule has 0 spiro atoms. The minimum Gasteiger partial charge on any atom is -0.380 e. The minimum absolute atomic E-state index is 0.268. The molecule has 2 N–H and O–H groups in total. The molecule has 0 radical (unpaired) electrons. The summed E-state index contributed by atoms with van der Waals surface area (Å²) < 4.78 is 5.12. The Morgan fingerprint density at radius 2 is 1.81 bits per heavy atom. The van der Waals surface area contributed by atoms with Crippen molar-refractivity contribution in [2.24, 2.45) is 0 Å². The quantitative estimate of drug-likeness (QED) is 0.814. The highest BCUT2D eigenvalue weighted by molar-refractivity contribution is 7.98. The van der Waals surface area contributed by atoms with Gasteiger partial charge in [0.05, 0.1) is 6.61 Å². The van der Waals surface area contributed by atoms with Crippen LogP contribution in [0.4, 0.5) is 16.2 Å². The molecule has 0 aliphatic carbocycles. The van der Waals surface area contributed by atoms with Crippen molar-refractivity contribution in [3.8, 4) is 0 Å². The minimum atomic E-state index is -0.268. The number of anilines is 2. The van der Waals surface area contributed by atoms with E-state index in [2.05, 4.69) is 10.6 Å². The molecule has 2 amide bonds. The Morgan fingerprint density at radius 3 is 2.48 bits per heavy atom. The molecule has 4 nitrogen and oxygen atoms in total. The SMILES string of the molecule is COCc1ccccc1NC(=O)Nc1ccc(SC)cc1. The lowest BCUT2D eigenvalue weighted by atomic mass is 10.2. The van der Waals surface area contributed by atoms with Gasteiger partial charge in [0.1, 0.15) is 0 Å². The van der Waals surface area contributed by atoms with Gasteiger partial charge < -0.3 is 15.4 Å². The number of methoxy groups -OCH3 is 1. The summed E-state index contributed by atoms with van der Waals surface area (Å²) in [7, 11) is 1.63. The number of carbonyl (C=O) groups excluding carboxylic acids is 1. The van der Waals surface area contributed by atoms with E-state index in [9.17, 15) is 4.79 Å². The van der Waals surface area contributed by atoms with Crippen LogP contribution in [-0.2, 0) is 11.3 Å². The van der Waals surface area contributed by atoms with Crippen LogP contribution in [0.1, 0.15) is 5.56 Å². The van der Waals surface area contributed by atoms with Crippen LogP contribution >= 0.6 is 11.8 Å². The third kappa shape index (κ3) is 4.51. The van der Waals surface area contributed by atoms with Crippen LogP contribution in [0.15, 0.2) is 53.4 Å². The predicted molar refractivity (Wildman–Crippen MR) is 88.0 cm³/mol. The van der Waals surface area contributed by atoms with E-state index in [0.29, 0.717) is 6.61 Å². The molecule has 2 rings (SSSR count). The number of amides is 2. The molecule has 0 aliphatic rings. The average molecular weight is 302 g/mol. The lowest BCUT2D eigenvalue weighted by Crippen LogP contribution is -2.20. The Morgan fingerprint density at radius 1 is 1.10 bits per heavy atom. The number of ether oxygens (including phenoxy) is 1. The fraction of sp³-hybridized carbons (Fsp3) is 0.188. The second kappa shape index (κ2) is 7.71. The van der Waals surface area contributed by atoms with Gasteiger partial charge in [0.15, 0.2) is 0 Å². The maximum absolute atomic E-state index is 12.0. The molecular weight excluding hydrogens is 284 g/mol. The first kappa shape index (κ1) is 15.4. The van der Waals surface area contributed by atoms with E-state index in [1.807, 2.05) is 54.8 Å². The largest absolute Gasteiger partial charge is 0.380 e. The van der Waals surface area contributed by atoms with E-state index in [0.717, 1.165) is 21.8 Å². The highest BCUT2D eigenvalue weighted by Gasteiger charge is 2.06. The number of nitrogens with one attached hydrogen (secondary N) is 2. The summed E-state index contributed by atoms with van der Waals surface area (Å²) in [5.74, 6) is 0. The van der Waals surface area contributed by atoms with Crippen molar-refractivity contribution in [3.63, 3.8) is 0 Å². The summed E-state index contributed by atoms with van der Waals surface area (Å²) >= 11 is 1.66. The second-order valence-electron chi connectivity index (χ2n) is 4.40. The number of rotatable bonds is 5. The van der Waals surface area contributed by atoms with Crippen LogP contribution in [0, 0.1) is 0 Å². The van der Waals surface area contributed by atoms with Crippen LogP contribution in [0.3, 0.4) is 0 Å². The topological polar surface area (TPSA) is 50.4 Å². The van der Waals surface area contributed by atoms with Crippen LogP contribution < -0.4 is 10.6 Å². The molecule has 0 bridgehead atoms. The maximum Gasteiger partial charge on any atom is 0.323 e. The Hall–Kier alpha value is -1.98. The van der Waals surface area contributed by atoms with Crippen LogP contribution in [0.5, 0.6) is 0 Å². The highest BCUT2D eigenvalue weighted by atomic mass is 32.2. The summed E-state index contributed by atoms with van der Waals surface area (Å²) in [4.78, 5) is 13.2. The lowest BCUT2D eigenvalue weighted by Gasteiger charge is -2.11. The third-order valence-electron chi connectivity index (χ3n) is 2.91. The normalized spacial score (nSPS) is 10.2. The Labute approximate surface area is 128 Å². The molecule has 0 saturated heterocycles. The summed E-state index contributed by atoms with van der Waals surface area (Å²) in [5, 5.41) is 5.65. The smallest absolute Gasteiger partial charge is 0.323 e. The number of hydrogen-bond acceptors (Lipinski definition) is 3. The molecule has 0 aliphatic heterocycles. The van der Waals surface area contributed by atoms with Gasteiger partial charge in [0, 0.05) is 28.9 Å². The summed E-state index contributed by atoms with van der Waals surface area (Å²) in [6.45, 7) is 0.457. The van der Waals surface area contributed by atoms with Crippen molar-refractivity contribution >= 4 is 29.2 Å². The van der Waals surface area contributed by atoms with E-state index in [-0.39, 0.29) is 6.03 Å². The summed E-state index contributed by atoms with van der Waals surface area (Å²) in [6.07, 6.45) is 2.02. The van der Waals surface area contributed by atoms with Gasteiger partial charge in [-0.1, -0.05) is 18.2 Å². The van der Waals surface area contributed by atoms with Crippen LogP contribution in [0.2, 0.25) is 0 Å². The van der Waals surface area contributed by atoms with Crippen molar-refractivity contribution in [1.82, 2.24) is 0 Å². The third-order valence-corrected chi connectivity index (χ3v) is 3.66. The van der Waals surface area contributed by atoms with Gasteiger partial charge in [-0.3, -0.25) is 0 Å². The van der Waals surface area contributed by atoms with Crippen molar-refractivity contribution in [2.75, 3.05) is 24.0 Å². The lowest BCUT2D eigenvalue weighted by molar-refractivity contribution is 0.185. The van der Waals surface area contributed by atoms with Crippen molar-refractivity contribution in [1.29, 1.82) is 0 Å². The van der Waals surface area contributed by atoms with E-state index >= 15 is 0 Å². The molecule has 2 aromatic carbocycles. The predicted octanol–water partition coefficient (Wildman–Crippen LogP) is 4.20. The summed E-state index contributed by atoms with van der Waals surface area (Å²) in [6, 6.07) is 15.0. The number of urea groups is 1. The van der Waals surface area contributed by atoms with Gasteiger partial charge in [0.2, 0.25) is 0 Å². The first-order chi connectivity index (χ1) is 10.2. The van der Waals surface area contributed by atoms with E-state index in [1.54, 1.807) is 18.9 Å². The Balaban J connectivity index is 2.01. The van der Waals surface area contributed by atoms with Gasteiger partial charge in [-0.15, -0.1) is 11.8 Å². The van der Waals surface area contributed by atoms with Crippen molar-refractivity contribution in [2.45, 2.75) is 11.5 Å². The second-order valence-corrected chi connectivity index (χ2v) is 5.28. The van der Waals surface area contributed by atoms with Gasteiger partial charge in [-0.05, 0) is 36.6 Å². The van der Waals surface area contributed by atoms with Crippen LogP contribution in [0.25, 0.3) is 0 Å². The molecular formula is C16H18N2O2S. The van der Waals surface area contributed by atoms with Crippen molar-refractivity contribution in [3.05, 3.63) is 54.1 Å². The van der Waals surface area contributed by atoms with E-state index < -0.39 is 0 Å². The van der Waals surface area contributed by atoms with E-state index in [1.165, 1.54) is 0 Å². The number of para-hydroxylation sites is 1. The first-order valence-corrected chi connectivity index (χ1v) is 7.74. The van der Waals surface area contributed by atoms with Gasteiger partial charge in [-0.25, -0.2) is 4.79 Å². The number of hydrogen-bond donors (Lipinski definition) is 2. The monoisotopic (exact) mass is 302 g/mol. The van der Waals surface area contributed by atoms with Gasteiger partial charge in [0.25, 0.3) is 0 Å². The number of carbonyl (C=O) groups is 1. The standard InChI is InChI=1S/C16H18N2O2S/c1-20-11-12-5-3-4-6-15(12)18-16(19)17-13-7-9-14(21-2)10-8-13/h3-10H,11H2,1-2H3,(H2,17,18,19). The summed E-state index contributed by atoms with van der Waals surface area (Å²) in [5.41, 5.74) is 2.44. The first-order valence-electron chi connectivity index (χ1n) is 6.52. The highest BCUT2D eigenvalue weighted by Crippen LogP contribution is 2.19. The van der Waals surface area contributed by atoms with Crippen molar-refractivity contribution < 1.29 is 9.53 Å². The average Bonchev–Trinajstić information content (AvgIpc) is 2.50. The Bertz CT molecular complexity index is 599. The van der Waals surface area contributed by atoms with Crippen LogP contribution in [-0.4, -0.2) is 19.4 Å².